The van der Waals surface area contributed by atoms with Gasteiger partial charge in [-0.3, -0.25) is 0 Å². The lowest BCUT2D eigenvalue weighted by Gasteiger charge is -2.43. The first kappa shape index (κ1) is 50.2. The van der Waals surface area contributed by atoms with Crippen LogP contribution in [0, 0.1) is 22.7 Å². The Morgan fingerprint density at radius 1 is 0.322 bits per heavy atom. The Labute approximate surface area is 508 Å². The van der Waals surface area contributed by atoms with E-state index in [9.17, 15) is 10.5 Å². The van der Waals surface area contributed by atoms with Crippen LogP contribution in [0.4, 0.5) is 17.1 Å². The summed E-state index contributed by atoms with van der Waals surface area (Å²) in [6.07, 6.45) is 0. The molecule has 2 aliphatic rings. The summed E-state index contributed by atoms with van der Waals surface area (Å²) in [4.78, 5) is 4.31. The normalized spacial score (nSPS) is 12.3. The number of anilines is 3. The maximum Gasteiger partial charge on any atom is 0.249 e. The standard InChI is InChI=1S/C80H48BN5S/c82-49-64-76(55-33-14-5-15-34-55)65(50-83)80-77-79(64)86(78-56(51-25-6-1-7-26-51)39-24-40-57(78)52-27-8-2-9-28-52)74-47-72(84-68-41-20-16-35-58(68)59-36-17-21-42-69(59)84)62(53-29-10-3-11-30-53)45-66(74)81(77)67-46-63(54-31-12-4-13-32-54)73(48-75(67)87-80)85-70-43-22-18-37-60(70)61-38-19-23-44-71(61)85/h1-48H. The number of aromatic nitrogens is 2. The molecule has 4 heterocycles. The van der Waals surface area contributed by atoms with Gasteiger partial charge in [0.1, 0.15) is 12.1 Å². The molecule has 0 radical (unpaired) electrons. The predicted octanol–water partition coefficient (Wildman–Crippen LogP) is 18.7. The number of para-hydroxylation sites is 5. The van der Waals surface area contributed by atoms with Crippen LogP contribution in [0.25, 0.3) is 111 Å². The molecule has 2 aliphatic heterocycles. The van der Waals surface area contributed by atoms with Crippen molar-refractivity contribution in [2.24, 2.45) is 0 Å². The molecule has 0 saturated heterocycles. The second kappa shape index (κ2) is 20.2. The number of nitrogens with zero attached hydrogens (tertiary/aromatic N) is 5. The van der Waals surface area contributed by atoms with Crippen molar-refractivity contribution < 1.29 is 0 Å². The zero-order valence-electron chi connectivity index (χ0n) is 46.9. The molecule has 2 aromatic heterocycles. The summed E-state index contributed by atoms with van der Waals surface area (Å²) in [7, 11) is 0. The molecular formula is C80H48BN5S. The lowest BCUT2D eigenvalue weighted by molar-refractivity contribution is 1.16. The molecule has 0 spiro atoms. The van der Waals surface area contributed by atoms with Gasteiger partial charge in [-0.25, -0.2) is 0 Å². The Hall–Kier alpha value is -11.3. The van der Waals surface area contributed by atoms with Gasteiger partial charge in [-0.2, -0.15) is 10.5 Å². The van der Waals surface area contributed by atoms with E-state index in [2.05, 4.69) is 287 Å². The van der Waals surface area contributed by atoms with E-state index in [1.165, 1.54) is 10.8 Å². The van der Waals surface area contributed by atoms with Crippen molar-refractivity contribution in [1.29, 1.82) is 10.5 Å². The van der Waals surface area contributed by atoms with Crippen molar-refractivity contribution in [1.82, 2.24) is 9.13 Å². The minimum Gasteiger partial charge on any atom is -0.309 e. The molecule has 0 fully saturated rings. The first-order valence-electron chi connectivity index (χ1n) is 29.4. The molecule has 0 aliphatic carbocycles. The van der Waals surface area contributed by atoms with Crippen LogP contribution in [0.2, 0.25) is 0 Å². The Morgan fingerprint density at radius 2 is 0.701 bits per heavy atom. The first-order chi connectivity index (χ1) is 43.1. The average molecular weight is 1120 g/mol. The zero-order valence-corrected chi connectivity index (χ0v) is 47.8. The van der Waals surface area contributed by atoms with Gasteiger partial charge < -0.3 is 14.0 Å². The Morgan fingerprint density at radius 3 is 1.14 bits per heavy atom. The number of rotatable bonds is 8. The van der Waals surface area contributed by atoms with Crippen molar-refractivity contribution in [3.63, 3.8) is 0 Å². The Balaban J connectivity index is 1.09. The highest BCUT2D eigenvalue weighted by molar-refractivity contribution is 8.00. The third-order valence-electron chi connectivity index (χ3n) is 17.9. The average Bonchev–Trinajstić information content (AvgIpc) is 1.24. The summed E-state index contributed by atoms with van der Waals surface area (Å²) in [5.74, 6) is 0. The summed E-state index contributed by atoms with van der Waals surface area (Å²) >= 11 is 1.66. The van der Waals surface area contributed by atoms with Crippen LogP contribution < -0.4 is 21.3 Å². The molecule has 0 atom stereocenters. The maximum absolute atomic E-state index is 12.4. The van der Waals surface area contributed by atoms with E-state index in [1.807, 2.05) is 30.3 Å². The minimum atomic E-state index is -0.477. The van der Waals surface area contributed by atoms with Crippen LogP contribution in [0.15, 0.2) is 301 Å². The van der Waals surface area contributed by atoms with Gasteiger partial charge in [-0.05, 0) is 75.1 Å². The molecule has 13 aromatic carbocycles. The maximum atomic E-state index is 12.4. The lowest BCUT2D eigenvalue weighted by atomic mass is 9.34. The third-order valence-corrected chi connectivity index (χ3v) is 19.1. The van der Waals surface area contributed by atoms with Crippen LogP contribution in [0.1, 0.15) is 11.1 Å². The summed E-state index contributed by atoms with van der Waals surface area (Å²) in [6.45, 7) is -0.477. The molecule has 0 amide bonds. The van der Waals surface area contributed by atoms with E-state index in [0.29, 0.717) is 16.7 Å². The van der Waals surface area contributed by atoms with Gasteiger partial charge in [0.05, 0.1) is 55.9 Å². The van der Waals surface area contributed by atoms with Gasteiger partial charge in [-0.1, -0.05) is 272 Å². The van der Waals surface area contributed by atoms with E-state index in [0.717, 1.165) is 138 Å². The summed E-state index contributed by atoms with van der Waals surface area (Å²) in [6, 6.07) is 110. The number of benzene rings is 13. The van der Waals surface area contributed by atoms with Crippen LogP contribution in [0.5, 0.6) is 0 Å². The van der Waals surface area contributed by atoms with Crippen molar-refractivity contribution in [3.05, 3.63) is 302 Å². The lowest BCUT2D eigenvalue weighted by Crippen LogP contribution is -2.60. The second-order valence-electron chi connectivity index (χ2n) is 22.4. The number of hydrogen-bond acceptors (Lipinski definition) is 4. The molecular weight excluding hydrogens is 1070 g/mol. The van der Waals surface area contributed by atoms with Gasteiger partial charge in [0.2, 0.25) is 6.71 Å². The largest absolute Gasteiger partial charge is 0.309 e. The predicted molar refractivity (Wildman–Crippen MR) is 362 cm³/mol. The molecule has 87 heavy (non-hydrogen) atoms. The second-order valence-corrected chi connectivity index (χ2v) is 23.5. The quantitative estimate of drug-likeness (QED) is 0.142. The van der Waals surface area contributed by atoms with E-state index in [1.54, 1.807) is 11.8 Å². The van der Waals surface area contributed by atoms with Crippen molar-refractivity contribution >= 4 is 95.5 Å². The van der Waals surface area contributed by atoms with Gasteiger partial charge >= 0.3 is 0 Å². The van der Waals surface area contributed by atoms with Crippen LogP contribution in [-0.4, -0.2) is 15.8 Å². The minimum absolute atomic E-state index is 0.439. The molecule has 7 heteroatoms. The highest BCUT2D eigenvalue weighted by atomic mass is 32.2. The number of hydrogen-bond donors (Lipinski definition) is 0. The molecule has 0 N–H and O–H groups in total. The molecule has 402 valence electrons. The molecule has 15 aromatic rings. The Kier molecular flexibility index (Phi) is 11.6. The van der Waals surface area contributed by atoms with Crippen LogP contribution in [0.3, 0.4) is 0 Å². The molecule has 5 nitrogen and oxygen atoms in total. The highest BCUT2D eigenvalue weighted by Crippen LogP contribution is 2.54. The van der Waals surface area contributed by atoms with Crippen molar-refractivity contribution in [2.75, 3.05) is 4.90 Å². The smallest absolute Gasteiger partial charge is 0.249 e. The van der Waals surface area contributed by atoms with E-state index in [4.69, 9.17) is 0 Å². The SMILES string of the molecule is N#Cc1c2c3c(c(C#N)c1-c1ccccc1)N(c1c(-c4ccccc4)cccc1-c1ccccc1)c1cc(-n4c5ccccc5c5ccccc54)c(-c4ccccc4)cc1B3c1cc(-c3ccccc3)c(-n3c4ccccc4c4ccccc43)cc1S2. The summed E-state index contributed by atoms with van der Waals surface area (Å²) < 4.78 is 4.88. The molecule has 0 bridgehead atoms. The summed E-state index contributed by atoms with van der Waals surface area (Å²) in [5, 5.41) is 29.2. The van der Waals surface area contributed by atoms with E-state index < -0.39 is 6.71 Å². The Bertz CT molecular complexity index is 5230. The fourth-order valence-corrected chi connectivity index (χ4v) is 15.5. The number of nitriles is 2. The van der Waals surface area contributed by atoms with Gasteiger partial charge in [0.15, 0.2) is 0 Å². The van der Waals surface area contributed by atoms with Gasteiger partial charge in [-0.15, -0.1) is 0 Å². The zero-order chi connectivity index (χ0) is 57.7. The molecule has 17 rings (SSSR count). The summed E-state index contributed by atoms with van der Waals surface area (Å²) in [5.41, 5.74) is 22.8. The topological polar surface area (TPSA) is 60.7 Å². The van der Waals surface area contributed by atoms with E-state index in [-0.39, 0.29) is 0 Å². The molecule has 0 unspecified atom stereocenters. The third kappa shape index (κ3) is 7.67. The first-order valence-corrected chi connectivity index (χ1v) is 30.2. The van der Waals surface area contributed by atoms with Crippen molar-refractivity contribution in [3.8, 4) is 79.1 Å². The fourth-order valence-electron chi connectivity index (χ4n) is 14.2. The van der Waals surface area contributed by atoms with Crippen molar-refractivity contribution in [2.45, 2.75) is 9.79 Å². The van der Waals surface area contributed by atoms with Gasteiger partial charge in [0, 0.05) is 64.8 Å². The van der Waals surface area contributed by atoms with Crippen LogP contribution >= 0.6 is 11.8 Å². The fraction of sp³-hybridized carbons (Fsp3) is 0. The van der Waals surface area contributed by atoms with E-state index >= 15 is 0 Å². The molecule has 0 saturated carbocycles. The highest BCUT2D eigenvalue weighted by Gasteiger charge is 2.47. The monoisotopic (exact) mass is 1120 g/mol. The van der Waals surface area contributed by atoms with Gasteiger partial charge in [0.25, 0.3) is 0 Å². The number of fused-ring (bicyclic) bond motifs is 10. The van der Waals surface area contributed by atoms with Crippen LogP contribution in [-0.2, 0) is 0 Å².